The van der Waals surface area contributed by atoms with Crippen LogP contribution in [0.4, 0.5) is 11.4 Å². The van der Waals surface area contributed by atoms with Gasteiger partial charge in [0.2, 0.25) is 11.6 Å². The summed E-state index contributed by atoms with van der Waals surface area (Å²) in [6.45, 7) is 5.44. The number of rotatable bonds is 4. The number of para-hydroxylation sites is 2. The predicted octanol–water partition coefficient (Wildman–Crippen LogP) is 3.90. The molecule has 196 valence electrons. The second-order valence-electron chi connectivity index (χ2n) is 9.51. The SMILES string of the molecule is CC[n+]1ccc(C(=O)N2/C(=C3\C(=O)c4ccccc4N3C(=O)c3cc[n+](CC)cc3)C(=O)c3ccccc32)cc1. The van der Waals surface area contributed by atoms with Crippen LogP contribution in [0.3, 0.4) is 0 Å². The fourth-order valence-electron chi connectivity index (χ4n) is 5.15. The van der Waals surface area contributed by atoms with Crippen LogP contribution < -0.4 is 18.9 Å². The van der Waals surface area contributed by atoms with Gasteiger partial charge in [0.1, 0.15) is 24.5 Å². The second-order valence-corrected chi connectivity index (χ2v) is 9.51. The van der Waals surface area contributed by atoms with Gasteiger partial charge in [-0.2, -0.15) is 0 Å². The van der Waals surface area contributed by atoms with Gasteiger partial charge in [-0.3, -0.25) is 29.0 Å². The van der Waals surface area contributed by atoms with Crippen molar-refractivity contribution in [2.24, 2.45) is 0 Å². The highest BCUT2D eigenvalue weighted by Gasteiger charge is 2.47. The smallest absolute Gasteiger partial charge is 0.263 e. The highest BCUT2D eigenvalue weighted by Crippen LogP contribution is 2.43. The molecule has 0 unspecified atom stereocenters. The molecule has 2 aromatic carbocycles. The average molecular weight is 531 g/mol. The van der Waals surface area contributed by atoms with Crippen LogP contribution in [-0.2, 0) is 13.1 Å². The topological polar surface area (TPSA) is 82.5 Å². The van der Waals surface area contributed by atoms with E-state index in [0.717, 1.165) is 13.1 Å². The number of fused-ring (bicyclic) bond motifs is 2. The van der Waals surface area contributed by atoms with Crippen LogP contribution in [0.25, 0.3) is 0 Å². The first-order chi connectivity index (χ1) is 19.4. The van der Waals surface area contributed by atoms with Crippen LogP contribution in [0.15, 0.2) is 109 Å². The van der Waals surface area contributed by atoms with Gasteiger partial charge < -0.3 is 0 Å². The van der Waals surface area contributed by atoms with Crippen molar-refractivity contribution in [3.05, 3.63) is 131 Å². The van der Waals surface area contributed by atoms with Crippen molar-refractivity contribution < 1.29 is 28.3 Å². The molecule has 0 saturated carbocycles. The summed E-state index contributed by atoms with van der Waals surface area (Å²) in [6.07, 6.45) is 7.14. The maximum atomic E-state index is 14.0. The summed E-state index contributed by atoms with van der Waals surface area (Å²) < 4.78 is 3.83. The highest BCUT2D eigenvalue weighted by atomic mass is 16.2. The highest BCUT2D eigenvalue weighted by molar-refractivity contribution is 6.35. The Morgan fingerprint density at radius 1 is 0.575 bits per heavy atom. The summed E-state index contributed by atoms with van der Waals surface area (Å²) in [5, 5.41) is 0. The Hall–Kier alpha value is -5.24. The third kappa shape index (κ3) is 3.84. The molecule has 2 aromatic heterocycles. The van der Waals surface area contributed by atoms with E-state index in [1.807, 2.05) is 23.0 Å². The van der Waals surface area contributed by atoms with Crippen molar-refractivity contribution in [2.45, 2.75) is 26.9 Å². The van der Waals surface area contributed by atoms with Gasteiger partial charge in [0.15, 0.2) is 24.8 Å². The minimum Gasteiger partial charge on any atom is -0.287 e. The Bertz CT molecular complexity index is 1610. The van der Waals surface area contributed by atoms with Gasteiger partial charge >= 0.3 is 0 Å². The number of allylic oxidation sites excluding steroid dienone is 2. The lowest BCUT2D eigenvalue weighted by atomic mass is 10.1. The molecule has 0 N–H and O–H groups in total. The van der Waals surface area contributed by atoms with Gasteiger partial charge in [-0.25, -0.2) is 9.13 Å². The van der Waals surface area contributed by atoms with Gasteiger partial charge in [0, 0.05) is 35.4 Å². The van der Waals surface area contributed by atoms with Crippen molar-refractivity contribution in [1.82, 2.24) is 0 Å². The molecule has 2 aliphatic rings. The van der Waals surface area contributed by atoms with Crippen LogP contribution in [0.5, 0.6) is 0 Å². The number of anilines is 2. The largest absolute Gasteiger partial charge is 0.287 e. The molecule has 40 heavy (non-hydrogen) atoms. The zero-order valence-electron chi connectivity index (χ0n) is 22.1. The minimum absolute atomic E-state index is 0.132. The number of aromatic nitrogens is 2. The number of benzene rings is 2. The van der Waals surface area contributed by atoms with Gasteiger partial charge in [-0.05, 0) is 38.1 Å². The first kappa shape index (κ1) is 25.1. The van der Waals surface area contributed by atoms with E-state index in [1.54, 1.807) is 97.6 Å². The minimum atomic E-state index is -0.491. The van der Waals surface area contributed by atoms with Crippen molar-refractivity contribution >= 4 is 34.8 Å². The maximum absolute atomic E-state index is 14.0. The summed E-state index contributed by atoms with van der Waals surface area (Å²) in [6, 6.07) is 20.2. The lowest BCUT2D eigenvalue weighted by Gasteiger charge is -2.24. The molecular formula is C32H26N4O4+2. The molecule has 0 fully saturated rings. The van der Waals surface area contributed by atoms with E-state index in [2.05, 4.69) is 0 Å². The van der Waals surface area contributed by atoms with Gasteiger partial charge in [-0.1, -0.05) is 24.3 Å². The van der Waals surface area contributed by atoms with Gasteiger partial charge in [0.25, 0.3) is 11.8 Å². The molecule has 8 heteroatoms. The summed E-state index contributed by atoms with van der Waals surface area (Å²) in [4.78, 5) is 58.5. The van der Waals surface area contributed by atoms with Gasteiger partial charge in [0.05, 0.1) is 22.5 Å². The van der Waals surface area contributed by atoms with Crippen LogP contribution in [0.2, 0.25) is 0 Å². The zero-order valence-corrected chi connectivity index (χ0v) is 22.1. The number of carbonyl (C=O) groups excluding carboxylic acids is 4. The fourth-order valence-corrected chi connectivity index (χ4v) is 5.15. The molecule has 0 aliphatic carbocycles. The first-order valence-corrected chi connectivity index (χ1v) is 13.1. The maximum Gasteiger partial charge on any atom is 0.263 e. The molecule has 4 aromatic rings. The number of pyridine rings is 2. The number of aryl methyl sites for hydroxylation is 2. The van der Waals surface area contributed by atoms with Crippen molar-refractivity contribution in [3.8, 4) is 0 Å². The number of ketones is 2. The molecule has 0 saturated heterocycles. The third-order valence-electron chi connectivity index (χ3n) is 7.29. The number of hydrogen-bond donors (Lipinski definition) is 0. The van der Waals surface area contributed by atoms with E-state index in [9.17, 15) is 19.2 Å². The van der Waals surface area contributed by atoms with E-state index in [1.165, 1.54) is 9.80 Å². The van der Waals surface area contributed by atoms with Crippen LogP contribution >= 0.6 is 0 Å². The van der Waals surface area contributed by atoms with Crippen molar-refractivity contribution in [1.29, 1.82) is 0 Å². The third-order valence-corrected chi connectivity index (χ3v) is 7.29. The summed E-state index contributed by atoms with van der Waals surface area (Å²) in [5.41, 5.74) is 1.75. The first-order valence-electron chi connectivity index (χ1n) is 13.1. The fraction of sp³-hybridized carbons (Fsp3) is 0.125. The van der Waals surface area contributed by atoms with E-state index in [4.69, 9.17) is 0 Å². The Labute approximate surface area is 231 Å². The number of amides is 2. The monoisotopic (exact) mass is 530 g/mol. The number of nitrogens with zero attached hydrogens (tertiary/aromatic N) is 4. The average Bonchev–Trinajstić information content (AvgIpc) is 3.46. The summed E-state index contributed by atoms with van der Waals surface area (Å²) >= 11 is 0. The molecule has 2 aliphatic heterocycles. The van der Waals surface area contributed by atoms with E-state index >= 15 is 0 Å². The van der Waals surface area contributed by atoms with Crippen LogP contribution in [0.1, 0.15) is 55.3 Å². The molecule has 0 radical (unpaired) electrons. The second kappa shape index (κ2) is 9.81. The lowest BCUT2D eigenvalue weighted by molar-refractivity contribution is -0.693. The standard InChI is InChI=1S/C32H26N4O4/c1-3-33-17-13-21(14-18-33)31(39)35-25-11-7-5-9-23(25)29(37)27(35)28-30(38)24-10-6-8-12-26(24)36(28)32(40)22-15-19-34(4-2)20-16-22/h5-20H,3-4H2,1-2H3/q+2/b28-27+. The molecule has 6 rings (SSSR count). The Morgan fingerprint density at radius 3 is 1.27 bits per heavy atom. The molecule has 0 atom stereocenters. The lowest BCUT2D eigenvalue weighted by Crippen LogP contribution is -2.38. The van der Waals surface area contributed by atoms with Crippen molar-refractivity contribution in [3.63, 3.8) is 0 Å². The van der Waals surface area contributed by atoms with E-state index in [-0.39, 0.29) is 22.5 Å². The van der Waals surface area contributed by atoms with Gasteiger partial charge in [-0.15, -0.1) is 0 Å². The molecule has 0 spiro atoms. The zero-order chi connectivity index (χ0) is 28.0. The Morgan fingerprint density at radius 2 is 0.925 bits per heavy atom. The van der Waals surface area contributed by atoms with Crippen LogP contribution in [-0.4, -0.2) is 23.4 Å². The normalized spacial score (nSPS) is 15.8. The molecule has 8 nitrogen and oxygen atoms in total. The van der Waals surface area contributed by atoms with Crippen LogP contribution in [0, 0.1) is 0 Å². The van der Waals surface area contributed by atoms with Crippen molar-refractivity contribution in [2.75, 3.05) is 9.80 Å². The quantitative estimate of drug-likeness (QED) is 0.296. The predicted molar refractivity (Wildman–Crippen MR) is 147 cm³/mol. The van der Waals surface area contributed by atoms with E-state index < -0.39 is 23.4 Å². The summed E-state index contributed by atoms with van der Waals surface area (Å²) in [5.74, 6) is -1.92. The molecule has 2 amide bonds. The Balaban J connectivity index is 1.57. The molecule has 4 heterocycles. The van der Waals surface area contributed by atoms with E-state index in [0.29, 0.717) is 22.5 Å². The number of hydrogen-bond acceptors (Lipinski definition) is 4. The molecule has 0 bridgehead atoms. The number of carbonyl (C=O) groups is 4. The number of Topliss-reactive ketones (excluding diaryl/α,β-unsaturated/α-hetero) is 2. The Kier molecular flexibility index (Phi) is 6.15. The molecular weight excluding hydrogens is 504 g/mol. The summed E-state index contributed by atoms with van der Waals surface area (Å²) in [7, 11) is 0.